The second kappa shape index (κ2) is 12.4. The number of amides is 1. The van der Waals surface area contributed by atoms with Crippen molar-refractivity contribution in [2.75, 3.05) is 48.6 Å². The van der Waals surface area contributed by atoms with Crippen LogP contribution >= 0.6 is 0 Å². The van der Waals surface area contributed by atoms with Crippen LogP contribution in [0, 0.1) is 0 Å². The van der Waals surface area contributed by atoms with Crippen LogP contribution in [0.25, 0.3) is 0 Å². The summed E-state index contributed by atoms with van der Waals surface area (Å²) < 4.78 is 52.3. The number of ether oxygens (including phenoxy) is 9. The first-order valence-corrected chi connectivity index (χ1v) is 12.3. The SMILES string of the molecule is COCO[C@H]1C[C@](OC)(C(=O)OC)O[C@@](C)([C@H](OCOC)[C@H]2COC3(CCCCC3)O2)[C@@H]1NC(C)=O. The predicted molar refractivity (Wildman–Crippen MR) is 124 cm³/mol. The van der Waals surface area contributed by atoms with Crippen LogP contribution in [-0.2, 0) is 52.2 Å². The molecule has 0 radical (unpaired) electrons. The van der Waals surface area contributed by atoms with Gasteiger partial charge in [-0.1, -0.05) is 6.42 Å². The lowest BCUT2D eigenvalue weighted by Crippen LogP contribution is -2.74. The third kappa shape index (κ3) is 6.02. The van der Waals surface area contributed by atoms with Crippen molar-refractivity contribution < 1.29 is 52.2 Å². The van der Waals surface area contributed by atoms with Gasteiger partial charge in [0.05, 0.1) is 25.9 Å². The second-order valence-electron chi connectivity index (χ2n) is 9.66. The fourth-order valence-corrected chi connectivity index (χ4v) is 5.56. The Labute approximate surface area is 212 Å². The molecule has 1 amide bonds. The number of methoxy groups -OCH3 is 4. The van der Waals surface area contributed by atoms with Crippen molar-refractivity contribution in [1.82, 2.24) is 5.32 Å². The highest BCUT2D eigenvalue weighted by Crippen LogP contribution is 2.46. The maximum absolute atomic E-state index is 13.0. The minimum absolute atomic E-state index is 0.0664. The van der Waals surface area contributed by atoms with E-state index in [4.69, 9.17) is 42.6 Å². The zero-order valence-corrected chi connectivity index (χ0v) is 22.2. The first-order chi connectivity index (χ1) is 17.2. The lowest BCUT2D eigenvalue weighted by atomic mass is 9.78. The smallest absolute Gasteiger partial charge is 0.366 e. The van der Waals surface area contributed by atoms with Crippen LogP contribution in [0.2, 0.25) is 0 Å². The van der Waals surface area contributed by atoms with E-state index in [1.165, 1.54) is 35.4 Å². The summed E-state index contributed by atoms with van der Waals surface area (Å²) in [5.41, 5.74) is -1.42. The lowest BCUT2D eigenvalue weighted by molar-refractivity contribution is -0.351. The lowest BCUT2D eigenvalue weighted by Gasteiger charge is -2.54. The molecule has 0 aromatic rings. The molecule has 1 saturated carbocycles. The predicted octanol–water partition coefficient (Wildman–Crippen LogP) is 1.24. The van der Waals surface area contributed by atoms with Gasteiger partial charge in [0.15, 0.2) is 5.79 Å². The summed E-state index contributed by atoms with van der Waals surface area (Å²) in [7, 11) is 5.57. The topological polar surface area (TPSA) is 129 Å². The molecule has 6 atom stereocenters. The molecule has 2 heterocycles. The van der Waals surface area contributed by atoms with Gasteiger partial charge in [0.1, 0.15) is 31.4 Å². The molecule has 3 aliphatic rings. The summed E-state index contributed by atoms with van der Waals surface area (Å²) in [6.07, 6.45) is 2.39. The molecule has 208 valence electrons. The van der Waals surface area contributed by atoms with Crippen molar-refractivity contribution in [2.45, 2.75) is 93.9 Å². The standard InChI is InChI=1S/C24H41NO11/c1-16(26)25-19-17(32-14-28-3)12-24(31-6,21(27)30-5)36-22(19,2)20(33-15-29-4)18-13-34-23(35-18)10-8-7-9-11-23/h17-20H,7-15H2,1-6H3,(H,25,26)/t17-,18+,19+,20+,22+,24+/m0/s1. The fraction of sp³-hybridized carbons (Fsp3) is 0.917. The van der Waals surface area contributed by atoms with Crippen LogP contribution in [0.1, 0.15) is 52.4 Å². The van der Waals surface area contributed by atoms with Crippen LogP contribution in [0.15, 0.2) is 0 Å². The van der Waals surface area contributed by atoms with Crippen molar-refractivity contribution in [2.24, 2.45) is 0 Å². The molecule has 2 saturated heterocycles. The quantitative estimate of drug-likeness (QED) is 0.313. The van der Waals surface area contributed by atoms with E-state index in [-0.39, 0.29) is 32.5 Å². The van der Waals surface area contributed by atoms with Crippen LogP contribution in [0.3, 0.4) is 0 Å². The summed E-state index contributed by atoms with van der Waals surface area (Å²) >= 11 is 0. The van der Waals surface area contributed by atoms with Gasteiger partial charge in [-0.15, -0.1) is 0 Å². The number of carbonyl (C=O) groups is 2. The second-order valence-corrected chi connectivity index (χ2v) is 9.66. The molecule has 12 nitrogen and oxygen atoms in total. The minimum Gasteiger partial charge on any atom is -0.465 e. The molecule has 3 rings (SSSR count). The average Bonchev–Trinajstić information content (AvgIpc) is 3.26. The van der Waals surface area contributed by atoms with E-state index in [9.17, 15) is 9.59 Å². The number of rotatable bonds is 11. The molecule has 12 heteroatoms. The maximum atomic E-state index is 13.0. The van der Waals surface area contributed by atoms with E-state index in [0.29, 0.717) is 0 Å². The van der Waals surface area contributed by atoms with E-state index in [2.05, 4.69) is 5.32 Å². The Morgan fingerprint density at radius 3 is 2.33 bits per heavy atom. The number of hydrogen-bond acceptors (Lipinski definition) is 11. The fourth-order valence-electron chi connectivity index (χ4n) is 5.56. The zero-order valence-electron chi connectivity index (χ0n) is 22.2. The summed E-state index contributed by atoms with van der Waals surface area (Å²) in [4.78, 5) is 25.3. The average molecular weight is 520 g/mol. The number of hydrogen-bond donors (Lipinski definition) is 1. The zero-order chi connectivity index (χ0) is 26.4. The van der Waals surface area contributed by atoms with Crippen LogP contribution in [0.4, 0.5) is 0 Å². The first-order valence-electron chi connectivity index (χ1n) is 12.3. The van der Waals surface area contributed by atoms with Gasteiger partial charge >= 0.3 is 5.97 Å². The first kappa shape index (κ1) is 29.2. The number of carbonyl (C=O) groups excluding carboxylic acids is 2. The van der Waals surface area contributed by atoms with Gasteiger partial charge < -0.3 is 47.9 Å². The van der Waals surface area contributed by atoms with Crippen molar-refractivity contribution in [3.8, 4) is 0 Å². The van der Waals surface area contributed by atoms with Gasteiger partial charge in [0.25, 0.3) is 5.79 Å². The maximum Gasteiger partial charge on any atom is 0.366 e. The van der Waals surface area contributed by atoms with Gasteiger partial charge in [-0.25, -0.2) is 4.79 Å². The Morgan fingerprint density at radius 1 is 1.06 bits per heavy atom. The Balaban J connectivity index is 2.05. The van der Waals surface area contributed by atoms with Crippen molar-refractivity contribution >= 4 is 11.9 Å². The largest absolute Gasteiger partial charge is 0.465 e. The van der Waals surface area contributed by atoms with E-state index in [1.807, 2.05) is 0 Å². The Bertz CT molecular complexity index is 746. The van der Waals surface area contributed by atoms with E-state index in [0.717, 1.165) is 32.1 Å². The molecular weight excluding hydrogens is 478 g/mol. The molecule has 0 bridgehead atoms. The van der Waals surface area contributed by atoms with E-state index < -0.39 is 47.5 Å². The Hall–Kier alpha value is -1.38. The third-order valence-corrected chi connectivity index (χ3v) is 7.19. The van der Waals surface area contributed by atoms with Gasteiger partial charge in [0, 0.05) is 47.5 Å². The highest BCUT2D eigenvalue weighted by Gasteiger charge is 2.64. The van der Waals surface area contributed by atoms with Crippen molar-refractivity contribution in [3.05, 3.63) is 0 Å². The molecule has 36 heavy (non-hydrogen) atoms. The van der Waals surface area contributed by atoms with Crippen LogP contribution in [-0.4, -0.2) is 102 Å². The third-order valence-electron chi connectivity index (χ3n) is 7.19. The number of nitrogens with one attached hydrogen (secondary N) is 1. The van der Waals surface area contributed by atoms with Crippen LogP contribution in [0.5, 0.6) is 0 Å². The molecule has 1 spiro atoms. The van der Waals surface area contributed by atoms with E-state index >= 15 is 0 Å². The summed E-state index contributed by atoms with van der Waals surface area (Å²) in [6.45, 7) is 3.17. The summed E-state index contributed by atoms with van der Waals surface area (Å²) in [6, 6.07) is -0.786. The monoisotopic (exact) mass is 519 g/mol. The van der Waals surface area contributed by atoms with Crippen molar-refractivity contribution in [1.29, 1.82) is 0 Å². The van der Waals surface area contributed by atoms with Gasteiger partial charge in [-0.2, -0.15) is 0 Å². The summed E-state index contributed by atoms with van der Waals surface area (Å²) in [5, 5.41) is 2.93. The molecule has 0 unspecified atom stereocenters. The van der Waals surface area contributed by atoms with E-state index in [1.54, 1.807) is 6.92 Å². The van der Waals surface area contributed by atoms with Gasteiger partial charge in [-0.3, -0.25) is 4.79 Å². The molecule has 3 fully saturated rings. The summed E-state index contributed by atoms with van der Waals surface area (Å²) in [5.74, 6) is -3.60. The highest BCUT2D eigenvalue weighted by molar-refractivity contribution is 5.78. The molecule has 0 aromatic carbocycles. The van der Waals surface area contributed by atoms with Gasteiger partial charge in [-0.05, 0) is 19.8 Å². The normalized spacial score (nSPS) is 34.9. The van der Waals surface area contributed by atoms with Gasteiger partial charge in [0.2, 0.25) is 5.91 Å². The Morgan fingerprint density at radius 2 is 1.75 bits per heavy atom. The molecule has 2 aliphatic heterocycles. The minimum atomic E-state index is -1.84. The molecule has 1 aliphatic carbocycles. The molecule has 1 N–H and O–H groups in total. The molecular formula is C24H41NO11. The van der Waals surface area contributed by atoms with Crippen molar-refractivity contribution in [3.63, 3.8) is 0 Å². The van der Waals surface area contributed by atoms with Crippen LogP contribution < -0.4 is 5.32 Å². The Kier molecular flexibility index (Phi) is 10.1. The highest BCUT2D eigenvalue weighted by atomic mass is 16.8. The molecule has 0 aromatic heterocycles. The number of esters is 1.